The Labute approximate surface area is 196 Å². The van der Waals surface area contributed by atoms with Crippen LogP contribution in [0.4, 0.5) is 5.69 Å². The lowest BCUT2D eigenvalue weighted by Gasteiger charge is -2.38. The molecule has 8 nitrogen and oxygen atoms in total. The van der Waals surface area contributed by atoms with Gasteiger partial charge >= 0.3 is 0 Å². The van der Waals surface area contributed by atoms with Gasteiger partial charge in [0.2, 0.25) is 0 Å². The highest BCUT2D eigenvalue weighted by atomic mass is 127. The highest BCUT2D eigenvalue weighted by Gasteiger charge is 2.22. The van der Waals surface area contributed by atoms with E-state index in [1.165, 1.54) is 0 Å². The highest BCUT2D eigenvalue weighted by molar-refractivity contribution is 14.0. The van der Waals surface area contributed by atoms with Crippen molar-refractivity contribution in [2.75, 3.05) is 44.7 Å². The molecule has 1 saturated heterocycles. The molecule has 3 rings (SSSR count). The first-order valence-corrected chi connectivity index (χ1v) is 10.4. The molecule has 1 fully saturated rings. The monoisotopic (exact) mass is 527 g/mol. The first-order valence-electron chi connectivity index (χ1n) is 10.4. The summed E-state index contributed by atoms with van der Waals surface area (Å²) in [5, 5.41) is 11.9. The van der Waals surface area contributed by atoms with E-state index in [-0.39, 0.29) is 24.0 Å². The van der Waals surface area contributed by atoms with Gasteiger partial charge in [-0.15, -0.1) is 34.2 Å². The molecular weight excluding hydrogens is 493 g/mol. The topological polar surface area (TPSA) is 70.8 Å². The number of hydrogen-bond donors (Lipinski definition) is 1. The molecule has 0 bridgehead atoms. The summed E-state index contributed by atoms with van der Waals surface area (Å²) in [7, 11) is 3.71. The number of nitrogens with zero attached hydrogens (tertiary/aromatic N) is 6. The van der Waals surface area contributed by atoms with E-state index >= 15 is 0 Å². The number of aromatic nitrogens is 3. The normalized spacial score (nSPS) is 14.5. The Morgan fingerprint density at radius 3 is 2.53 bits per heavy atom. The molecule has 2 heterocycles. The molecule has 1 aliphatic heterocycles. The number of unbranched alkanes of at least 4 members (excludes halogenated alkanes) is 1. The molecule has 0 atom stereocenters. The lowest BCUT2D eigenvalue weighted by molar-refractivity contribution is 0.366. The van der Waals surface area contributed by atoms with Crippen molar-refractivity contribution in [2.45, 2.75) is 33.2 Å². The van der Waals surface area contributed by atoms with Crippen LogP contribution in [0.1, 0.15) is 31.4 Å². The van der Waals surface area contributed by atoms with Crippen molar-refractivity contribution in [1.29, 1.82) is 0 Å². The molecule has 0 unspecified atom stereocenters. The largest absolute Gasteiger partial charge is 0.495 e. The summed E-state index contributed by atoms with van der Waals surface area (Å²) >= 11 is 0. The quantitative estimate of drug-likeness (QED) is 0.259. The number of aliphatic imine (C=N–C) groups is 1. The third-order valence-electron chi connectivity index (χ3n) is 5.37. The fourth-order valence-corrected chi connectivity index (χ4v) is 3.43. The summed E-state index contributed by atoms with van der Waals surface area (Å²) in [6.07, 6.45) is 2.29. The molecular formula is C21H34IN7O. The van der Waals surface area contributed by atoms with Crippen LogP contribution in [0.5, 0.6) is 5.75 Å². The summed E-state index contributed by atoms with van der Waals surface area (Å²) in [5.74, 6) is 3.67. The Kier molecular flexibility index (Phi) is 9.67. The van der Waals surface area contributed by atoms with E-state index in [1.807, 2.05) is 30.7 Å². The fraction of sp³-hybridized carbons (Fsp3) is 0.571. The zero-order chi connectivity index (χ0) is 20.6. The van der Waals surface area contributed by atoms with Crippen LogP contribution in [-0.4, -0.2) is 65.5 Å². The van der Waals surface area contributed by atoms with Crippen molar-refractivity contribution < 1.29 is 4.74 Å². The molecule has 166 valence electrons. The second-order valence-electron chi connectivity index (χ2n) is 7.29. The average molecular weight is 527 g/mol. The molecule has 30 heavy (non-hydrogen) atoms. The number of anilines is 1. The van der Waals surface area contributed by atoms with Gasteiger partial charge in [0.25, 0.3) is 0 Å². The zero-order valence-corrected chi connectivity index (χ0v) is 20.8. The third kappa shape index (κ3) is 5.99. The van der Waals surface area contributed by atoms with E-state index in [9.17, 15) is 0 Å². The van der Waals surface area contributed by atoms with Gasteiger partial charge in [0.15, 0.2) is 11.8 Å². The average Bonchev–Trinajstić information content (AvgIpc) is 3.08. The van der Waals surface area contributed by atoms with Crippen LogP contribution in [0.2, 0.25) is 0 Å². The number of para-hydroxylation sites is 2. The first-order chi connectivity index (χ1) is 14.1. The number of rotatable bonds is 7. The van der Waals surface area contributed by atoms with Crippen LogP contribution >= 0.6 is 24.0 Å². The van der Waals surface area contributed by atoms with Gasteiger partial charge in [-0.25, -0.2) is 4.99 Å². The maximum absolute atomic E-state index is 5.53. The lowest BCUT2D eigenvalue weighted by atomic mass is 10.2. The second-order valence-corrected chi connectivity index (χ2v) is 7.29. The number of ether oxygens (including phenoxy) is 1. The maximum Gasteiger partial charge on any atom is 0.194 e. The predicted octanol–water partition coefficient (Wildman–Crippen LogP) is 2.82. The summed E-state index contributed by atoms with van der Waals surface area (Å²) < 4.78 is 7.53. The molecule has 2 aromatic rings. The Balaban J connectivity index is 0.00000320. The molecule has 0 aliphatic carbocycles. The van der Waals surface area contributed by atoms with Crippen LogP contribution in [0.25, 0.3) is 0 Å². The smallest absolute Gasteiger partial charge is 0.194 e. The van der Waals surface area contributed by atoms with Crippen molar-refractivity contribution in [3.05, 3.63) is 35.9 Å². The Bertz CT molecular complexity index is 815. The summed E-state index contributed by atoms with van der Waals surface area (Å²) in [4.78, 5) is 9.58. The molecule has 1 aromatic heterocycles. The molecule has 1 N–H and O–H groups in total. The summed E-state index contributed by atoms with van der Waals surface area (Å²) in [6, 6.07) is 8.21. The van der Waals surface area contributed by atoms with Crippen molar-refractivity contribution in [1.82, 2.24) is 25.0 Å². The Morgan fingerprint density at radius 2 is 1.90 bits per heavy atom. The zero-order valence-electron chi connectivity index (χ0n) is 18.5. The Hall–Kier alpha value is -2.04. The number of methoxy groups -OCH3 is 1. The number of nitrogens with one attached hydrogen (secondary N) is 1. The van der Waals surface area contributed by atoms with Crippen molar-refractivity contribution >= 4 is 35.6 Å². The van der Waals surface area contributed by atoms with Crippen molar-refractivity contribution in [3.63, 3.8) is 0 Å². The van der Waals surface area contributed by atoms with Crippen LogP contribution in [-0.2, 0) is 13.6 Å². The van der Waals surface area contributed by atoms with Gasteiger partial charge in [-0.2, -0.15) is 0 Å². The number of aryl methyl sites for hydroxylation is 1. The second kappa shape index (κ2) is 12.0. The predicted molar refractivity (Wildman–Crippen MR) is 132 cm³/mol. The molecule has 9 heteroatoms. The van der Waals surface area contributed by atoms with Crippen LogP contribution in [0.3, 0.4) is 0 Å². The van der Waals surface area contributed by atoms with E-state index in [0.717, 1.165) is 74.6 Å². The minimum absolute atomic E-state index is 0. The van der Waals surface area contributed by atoms with E-state index < -0.39 is 0 Å². The molecule has 0 radical (unpaired) electrons. The molecule has 0 amide bonds. The van der Waals surface area contributed by atoms with Gasteiger partial charge in [0.05, 0.1) is 12.8 Å². The molecule has 1 aromatic carbocycles. The van der Waals surface area contributed by atoms with Crippen LogP contribution < -0.4 is 15.0 Å². The molecule has 0 spiro atoms. The van der Waals surface area contributed by atoms with Crippen LogP contribution in [0.15, 0.2) is 29.3 Å². The van der Waals surface area contributed by atoms with E-state index in [1.54, 1.807) is 7.11 Å². The third-order valence-corrected chi connectivity index (χ3v) is 5.37. The van der Waals surface area contributed by atoms with Crippen molar-refractivity contribution in [2.24, 2.45) is 12.0 Å². The summed E-state index contributed by atoms with van der Waals surface area (Å²) in [6.45, 7) is 9.29. The highest BCUT2D eigenvalue weighted by Crippen LogP contribution is 2.28. The lowest BCUT2D eigenvalue weighted by Crippen LogP contribution is -2.52. The van der Waals surface area contributed by atoms with Gasteiger partial charge in [0.1, 0.15) is 18.1 Å². The van der Waals surface area contributed by atoms with Gasteiger partial charge < -0.3 is 24.4 Å². The minimum Gasteiger partial charge on any atom is -0.495 e. The van der Waals surface area contributed by atoms with E-state index in [4.69, 9.17) is 9.73 Å². The minimum atomic E-state index is 0. The van der Waals surface area contributed by atoms with Crippen molar-refractivity contribution in [3.8, 4) is 5.75 Å². The number of piperazine rings is 1. The van der Waals surface area contributed by atoms with Gasteiger partial charge in [-0.05, 0) is 25.5 Å². The number of benzene rings is 1. The Morgan fingerprint density at radius 1 is 1.17 bits per heavy atom. The number of halogens is 1. The van der Waals surface area contributed by atoms with E-state index in [0.29, 0.717) is 6.54 Å². The van der Waals surface area contributed by atoms with E-state index in [2.05, 4.69) is 44.4 Å². The standard InChI is InChI=1S/C21H33N7O.HI/c1-5-6-11-22-21(23-16-20-25-24-17(2)26(20)3)28-14-12-27(13-15-28)18-9-7-8-10-19(18)29-4;/h7-10H,5-6,11-16H2,1-4H3,(H,22,23);1H. The number of guanidine groups is 1. The maximum atomic E-state index is 5.53. The van der Waals surface area contributed by atoms with Gasteiger partial charge in [-0.3, -0.25) is 0 Å². The molecule has 1 aliphatic rings. The number of hydrogen-bond acceptors (Lipinski definition) is 5. The van der Waals surface area contributed by atoms with Crippen LogP contribution in [0, 0.1) is 6.92 Å². The van der Waals surface area contributed by atoms with Gasteiger partial charge in [-0.1, -0.05) is 25.5 Å². The first kappa shape index (κ1) is 24.2. The SMILES string of the molecule is CCCCNC(=NCc1nnc(C)n1C)N1CCN(c2ccccc2OC)CC1.I. The molecule has 0 saturated carbocycles. The fourth-order valence-electron chi connectivity index (χ4n) is 3.43. The van der Waals surface area contributed by atoms with Gasteiger partial charge in [0, 0.05) is 39.8 Å². The summed E-state index contributed by atoms with van der Waals surface area (Å²) in [5.41, 5.74) is 1.15.